The third kappa shape index (κ3) is 2.31. The lowest BCUT2D eigenvalue weighted by Gasteiger charge is -2.22. The average Bonchev–Trinajstić information content (AvgIpc) is 3.00. The number of nitrogens with zero attached hydrogens (tertiary/aromatic N) is 1. The molecule has 2 fully saturated rings. The molecule has 0 saturated heterocycles. The van der Waals surface area contributed by atoms with Crippen molar-refractivity contribution in [2.75, 3.05) is 6.54 Å². The molecule has 3 rings (SSSR count). The standard InChI is InChI=1S/C14H22N2OS/c1-8(2)12-13(17)16-14(18-12)15-7-11-6-9-3-4-10(11)5-9/h8-12H,3-7H2,1-2H3,(H,15,16,17)/t9-,10?,11-,12?/m1/s1. The minimum absolute atomic E-state index is 0.0347. The number of carbonyl (C=O) groups is 1. The van der Waals surface area contributed by atoms with Crippen molar-refractivity contribution in [1.82, 2.24) is 5.32 Å². The smallest absolute Gasteiger partial charge is 0.261 e. The summed E-state index contributed by atoms with van der Waals surface area (Å²) in [6.07, 6.45) is 5.70. The van der Waals surface area contributed by atoms with E-state index in [2.05, 4.69) is 24.2 Å². The van der Waals surface area contributed by atoms with Crippen LogP contribution in [0.1, 0.15) is 39.5 Å². The van der Waals surface area contributed by atoms with Crippen LogP contribution in [0.15, 0.2) is 4.99 Å². The zero-order valence-corrected chi connectivity index (χ0v) is 12.0. The lowest BCUT2D eigenvalue weighted by atomic mass is 9.89. The highest BCUT2D eigenvalue weighted by Crippen LogP contribution is 2.48. The second kappa shape index (κ2) is 4.87. The Labute approximate surface area is 113 Å². The monoisotopic (exact) mass is 266 g/mol. The quantitative estimate of drug-likeness (QED) is 0.854. The number of rotatable bonds is 3. The van der Waals surface area contributed by atoms with Crippen molar-refractivity contribution in [2.45, 2.75) is 44.8 Å². The van der Waals surface area contributed by atoms with Gasteiger partial charge in [0.15, 0.2) is 5.17 Å². The Hall–Kier alpha value is -0.510. The van der Waals surface area contributed by atoms with E-state index in [4.69, 9.17) is 0 Å². The van der Waals surface area contributed by atoms with Crippen LogP contribution in [0.5, 0.6) is 0 Å². The van der Waals surface area contributed by atoms with Crippen LogP contribution in [0, 0.1) is 23.7 Å². The number of amides is 1. The first-order valence-corrected chi connectivity index (χ1v) is 8.04. The number of aliphatic imine (C=N–C) groups is 1. The van der Waals surface area contributed by atoms with Gasteiger partial charge in [-0.3, -0.25) is 4.79 Å². The molecule has 3 aliphatic rings. The van der Waals surface area contributed by atoms with Gasteiger partial charge in [-0.2, -0.15) is 4.99 Å². The van der Waals surface area contributed by atoms with E-state index in [0.29, 0.717) is 5.92 Å². The molecule has 1 amide bonds. The van der Waals surface area contributed by atoms with Gasteiger partial charge in [0.25, 0.3) is 5.91 Å². The Bertz CT molecular complexity index is 380. The van der Waals surface area contributed by atoms with Crippen LogP contribution >= 0.6 is 11.8 Å². The fraction of sp³-hybridized carbons (Fsp3) is 0.857. The summed E-state index contributed by atoms with van der Waals surface area (Å²) in [5, 5.41) is 4.31. The Balaban J connectivity index is 1.50. The summed E-state index contributed by atoms with van der Waals surface area (Å²) >= 11 is 1.62. The molecule has 2 bridgehead atoms. The molecule has 2 saturated carbocycles. The normalized spacial score (nSPS) is 38.6. The molecule has 4 atom stereocenters. The zero-order chi connectivity index (χ0) is 12.7. The number of thioether (sulfide) groups is 1. The fourth-order valence-electron chi connectivity index (χ4n) is 3.71. The molecular weight excluding hydrogens is 244 g/mol. The predicted molar refractivity (Wildman–Crippen MR) is 75.6 cm³/mol. The number of amidine groups is 1. The molecule has 18 heavy (non-hydrogen) atoms. The average molecular weight is 266 g/mol. The second-order valence-electron chi connectivity index (χ2n) is 6.35. The first-order valence-electron chi connectivity index (χ1n) is 7.16. The third-order valence-electron chi connectivity index (χ3n) is 4.70. The highest BCUT2D eigenvalue weighted by atomic mass is 32.2. The maximum Gasteiger partial charge on any atom is 0.261 e. The number of carbonyl (C=O) groups excluding carboxylic acids is 1. The number of fused-ring (bicyclic) bond motifs is 2. The largest absolute Gasteiger partial charge is 0.364 e. The maximum absolute atomic E-state index is 11.7. The van der Waals surface area contributed by atoms with Gasteiger partial charge in [0, 0.05) is 6.54 Å². The summed E-state index contributed by atoms with van der Waals surface area (Å²) in [7, 11) is 0. The van der Waals surface area contributed by atoms with Crippen molar-refractivity contribution in [2.24, 2.45) is 28.7 Å². The first kappa shape index (κ1) is 12.5. The van der Waals surface area contributed by atoms with Crippen molar-refractivity contribution in [1.29, 1.82) is 0 Å². The molecule has 100 valence electrons. The maximum atomic E-state index is 11.7. The van der Waals surface area contributed by atoms with E-state index in [-0.39, 0.29) is 11.2 Å². The Morgan fingerprint density at radius 2 is 2.22 bits per heavy atom. The summed E-state index contributed by atoms with van der Waals surface area (Å²) in [5.74, 6) is 3.16. The molecule has 0 aromatic carbocycles. The molecule has 1 heterocycles. The molecule has 1 aliphatic heterocycles. The van der Waals surface area contributed by atoms with E-state index in [1.54, 1.807) is 11.8 Å². The minimum Gasteiger partial charge on any atom is -0.364 e. The Morgan fingerprint density at radius 3 is 2.78 bits per heavy atom. The molecule has 0 aromatic rings. The van der Waals surface area contributed by atoms with Crippen LogP contribution in [0.4, 0.5) is 0 Å². The van der Waals surface area contributed by atoms with Crippen molar-refractivity contribution >= 4 is 22.8 Å². The topological polar surface area (TPSA) is 41.5 Å². The van der Waals surface area contributed by atoms with Crippen LogP contribution in [0.25, 0.3) is 0 Å². The number of hydrogen-bond donors (Lipinski definition) is 1. The van der Waals surface area contributed by atoms with Crippen molar-refractivity contribution < 1.29 is 4.79 Å². The van der Waals surface area contributed by atoms with Gasteiger partial charge in [-0.05, 0) is 42.9 Å². The van der Waals surface area contributed by atoms with Crippen LogP contribution < -0.4 is 5.32 Å². The number of hydrogen-bond acceptors (Lipinski definition) is 3. The van der Waals surface area contributed by atoms with Gasteiger partial charge in [-0.15, -0.1) is 0 Å². The van der Waals surface area contributed by atoms with E-state index < -0.39 is 0 Å². The van der Waals surface area contributed by atoms with Crippen LogP contribution in [-0.4, -0.2) is 22.9 Å². The van der Waals surface area contributed by atoms with Gasteiger partial charge >= 0.3 is 0 Å². The van der Waals surface area contributed by atoms with Gasteiger partial charge in [0.1, 0.15) is 0 Å². The fourth-order valence-corrected chi connectivity index (χ4v) is 4.68. The van der Waals surface area contributed by atoms with Gasteiger partial charge in [-0.1, -0.05) is 32.0 Å². The summed E-state index contributed by atoms with van der Waals surface area (Å²) in [4.78, 5) is 15.8. The van der Waals surface area contributed by atoms with Gasteiger partial charge in [-0.25, -0.2) is 0 Å². The van der Waals surface area contributed by atoms with Crippen molar-refractivity contribution in [3.63, 3.8) is 0 Å². The Morgan fingerprint density at radius 1 is 1.39 bits per heavy atom. The molecule has 2 unspecified atom stereocenters. The molecule has 0 aromatic heterocycles. The van der Waals surface area contributed by atoms with E-state index in [9.17, 15) is 4.79 Å². The molecular formula is C14H22N2OS. The summed E-state index contributed by atoms with van der Waals surface area (Å²) in [6, 6.07) is 0. The SMILES string of the molecule is CC(C)C1SC(NC[C@H]2C[C@@H]3CCC2C3)=NC1=O. The van der Waals surface area contributed by atoms with E-state index in [1.165, 1.54) is 25.7 Å². The number of nitrogens with one attached hydrogen (secondary N) is 1. The van der Waals surface area contributed by atoms with E-state index >= 15 is 0 Å². The second-order valence-corrected chi connectivity index (χ2v) is 7.48. The Kier molecular flexibility index (Phi) is 3.39. The minimum atomic E-state index is 0.0347. The lowest BCUT2D eigenvalue weighted by molar-refractivity contribution is -0.117. The van der Waals surface area contributed by atoms with Crippen molar-refractivity contribution in [3.8, 4) is 0 Å². The van der Waals surface area contributed by atoms with Crippen LogP contribution in [-0.2, 0) is 4.79 Å². The summed E-state index contributed by atoms with van der Waals surface area (Å²) in [6.45, 7) is 5.19. The summed E-state index contributed by atoms with van der Waals surface area (Å²) in [5.41, 5.74) is 0. The third-order valence-corrected chi connectivity index (χ3v) is 6.16. The van der Waals surface area contributed by atoms with E-state index in [1.807, 2.05) is 0 Å². The first-order chi connectivity index (χ1) is 8.63. The highest BCUT2D eigenvalue weighted by Gasteiger charge is 2.39. The van der Waals surface area contributed by atoms with Gasteiger partial charge in [0.05, 0.1) is 5.25 Å². The molecule has 0 radical (unpaired) electrons. The predicted octanol–water partition coefficient (Wildman–Crippen LogP) is 2.67. The van der Waals surface area contributed by atoms with Gasteiger partial charge in [0.2, 0.25) is 0 Å². The van der Waals surface area contributed by atoms with Crippen LogP contribution in [0.3, 0.4) is 0 Å². The molecule has 4 heteroatoms. The van der Waals surface area contributed by atoms with Gasteiger partial charge < -0.3 is 5.32 Å². The highest BCUT2D eigenvalue weighted by molar-refractivity contribution is 8.15. The molecule has 2 aliphatic carbocycles. The molecule has 3 nitrogen and oxygen atoms in total. The summed E-state index contributed by atoms with van der Waals surface area (Å²) < 4.78 is 0. The molecule has 1 N–H and O–H groups in total. The zero-order valence-electron chi connectivity index (χ0n) is 11.2. The van der Waals surface area contributed by atoms with E-state index in [0.717, 1.165) is 29.5 Å². The molecule has 0 spiro atoms. The van der Waals surface area contributed by atoms with Crippen molar-refractivity contribution in [3.05, 3.63) is 0 Å². The lowest BCUT2D eigenvalue weighted by Crippen LogP contribution is -2.29. The van der Waals surface area contributed by atoms with Crippen LogP contribution in [0.2, 0.25) is 0 Å².